The number of benzene rings is 2. The molecule has 1 unspecified atom stereocenters. The van der Waals surface area contributed by atoms with Gasteiger partial charge in [0.2, 0.25) is 0 Å². The molecule has 1 N–H and O–H groups in total. The third-order valence-corrected chi connectivity index (χ3v) is 7.50. The number of aromatic hydroxyl groups is 1. The Morgan fingerprint density at radius 2 is 0.943 bits per heavy atom. The molecule has 196 valence electrons. The number of phenols is 1. The van der Waals surface area contributed by atoms with E-state index in [0.717, 1.165) is 16.9 Å². The van der Waals surface area contributed by atoms with Gasteiger partial charge in [-0.05, 0) is 63.3 Å². The zero-order valence-electron chi connectivity index (χ0n) is 25.6. The van der Waals surface area contributed by atoms with E-state index in [1.165, 1.54) is 33.4 Å². The van der Waals surface area contributed by atoms with E-state index in [0.29, 0.717) is 5.75 Å². The molecule has 0 bridgehead atoms. The molecule has 2 rings (SSSR count). The van der Waals surface area contributed by atoms with Gasteiger partial charge < -0.3 is 9.84 Å². The summed E-state index contributed by atoms with van der Waals surface area (Å²) in [6.45, 7) is 33.6. The molecule has 0 fully saturated rings. The molecule has 0 aromatic heterocycles. The van der Waals surface area contributed by atoms with Gasteiger partial charge in [0, 0.05) is 22.6 Å². The first-order valence-electron chi connectivity index (χ1n) is 13.1. The van der Waals surface area contributed by atoms with Crippen LogP contribution >= 0.6 is 0 Å². The Kier molecular flexibility index (Phi) is 7.66. The highest BCUT2D eigenvalue weighted by Gasteiger charge is 2.34. The Hall–Kier alpha value is -1.96. The molecule has 2 nitrogen and oxygen atoms in total. The minimum absolute atomic E-state index is 0.00819. The van der Waals surface area contributed by atoms with E-state index in [2.05, 4.69) is 116 Å². The number of methoxy groups -OCH3 is 1. The van der Waals surface area contributed by atoms with Crippen LogP contribution in [0.2, 0.25) is 0 Å². The van der Waals surface area contributed by atoms with Crippen LogP contribution < -0.4 is 4.74 Å². The van der Waals surface area contributed by atoms with Crippen LogP contribution in [0.1, 0.15) is 140 Å². The lowest BCUT2D eigenvalue weighted by atomic mass is 9.71. The number of phenolic OH excluding ortho intramolecular Hbond substituents is 1. The third-order valence-electron chi connectivity index (χ3n) is 7.50. The first-order valence-corrected chi connectivity index (χ1v) is 13.1. The first-order chi connectivity index (χ1) is 15.5. The standard InChI is InChI=1S/C33H52O2/c1-19-22(30(4,5)6)17-24(32(10,11)12)28(34)26(19)21(3)27-20(2)23(31(7,8)9)18-25(29(27)35-16)33(13,14)15/h17-18,21,34H,1-16H3. The molecular weight excluding hydrogens is 428 g/mol. The lowest BCUT2D eigenvalue weighted by Crippen LogP contribution is -2.23. The van der Waals surface area contributed by atoms with E-state index in [4.69, 9.17) is 4.74 Å². The predicted octanol–water partition coefficient (Wildman–Crippen LogP) is 9.36. The second-order valence-electron chi connectivity index (χ2n) is 14.6. The summed E-state index contributed by atoms with van der Waals surface area (Å²) in [4.78, 5) is 0. The van der Waals surface area contributed by atoms with Crippen LogP contribution in [0, 0.1) is 13.8 Å². The van der Waals surface area contributed by atoms with Crippen molar-refractivity contribution in [3.8, 4) is 11.5 Å². The molecule has 2 aromatic rings. The van der Waals surface area contributed by atoms with Crippen molar-refractivity contribution >= 4 is 0 Å². The topological polar surface area (TPSA) is 29.5 Å². The second-order valence-corrected chi connectivity index (χ2v) is 14.6. The van der Waals surface area contributed by atoms with Gasteiger partial charge in [-0.25, -0.2) is 0 Å². The van der Waals surface area contributed by atoms with Crippen LogP contribution in [0.15, 0.2) is 12.1 Å². The molecule has 0 aliphatic carbocycles. The Morgan fingerprint density at radius 3 is 1.29 bits per heavy atom. The Balaban J connectivity index is 3.12. The fourth-order valence-corrected chi connectivity index (χ4v) is 5.67. The summed E-state index contributed by atoms with van der Waals surface area (Å²) in [5, 5.41) is 11.8. The Morgan fingerprint density at radius 1 is 0.600 bits per heavy atom. The van der Waals surface area contributed by atoms with Gasteiger partial charge >= 0.3 is 0 Å². The number of ether oxygens (including phenoxy) is 1. The summed E-state index contributed by atoms with van der Waals surface area (Å²) >= 11 is 0. The van der Waals surface area contributed by atoms with Crippen LogP contribution in [-0.2, 0) is 21.7 Å². The highest BCUT2D eigenvalue weighted by molar-refractivity contribution is 5.62. The molecule has 0 aliphatic heterocycles. The maximum absolute atomic E-state index is 11.8. The maximum Gasteiger partial charge on any atom is 0.126 e. The van der Waals surface area contributed by atoms with Crippen LogP contribution in [0.4, 0.5) is 0 Å². The van der Waals surface area contributed by atoms with E-state index in [1.807, 2.05) is 0 Å². The fourth-order valence-electron chi connectivity index (χ4n) is 5.67. The predicted molar refractivity (Wildman–Crippen MR) is 153 cm³/mol. The number of rotatable bonds is 3. The Labute approximate surface area is 216 Å². The van der Waals surface area contributed by atoms with Crippen LogP contribution in [0.5, 0.6) is 11.5 Å². The van der Waals surface area contributed by atoms with Gasteiger partial charge in [-0.15, -0.1) is 0 Å². The Bertz CT molecular complexity index is 1050. The van der Waals surface area contributed by atoms with E-state index >= 15 is 0 Å². The molecule has 0 spiro atoms. The monoisotopic (exact) mass is 480 g/mol. The quantitative estimate of drug-likeness (QED) is 0.474. The minimum atomic E-state index is -0.171. The molecule has 0 amide bonds. The lowest BCUT2D eigenvalue weighted by molar-refractivity contribution is 0.388. The van der Waals surface area contributed by atoms with Crippen molar-refractivity contribution in [2.45, 2.75) is 131 Å². The zero-order chi connectivity index (χ0) is 27.5. The van der Waals surface area contributed by atoms with Gasteiger partial charge in [0.1, 0.15) is 11.5 Å². The SMILES string of the molecule is COc1c(C(C)(C)C)cc(C(C)(C)C)c(C)c1C(C)c1c(C)c(C(C)(C)C)cc(C(C)(C)C)c1O. The third kappa shape index (κ3) is 5.57. The van der Waals surface area contributed by atoms with E-state index in [-0.39, 0.29) is 27.6 Å². The highest BCUT2D eigenvalue weighted by Crippen LogP contribution is 2.50. The first kappa shape index (κ1) is 29.3. The number of hydrogen-bond donors (Lipinski definition) is 1. The van der Waals surface area contributed by atoms with Crippen molar-refractivity contribution in [3.63, 3.8) is 0 Å². The van der Waals surface area contributed by atoms with Gasteiger partial charge in [0.05, 0.1) is 7.11 Å². The average Bonchev–Trinajstić information content (AvgIpc) is 2.63. The molecule has 2 heteroatoms. The molecule has 2 aromatic carbocycles. The normalized spacial score (nSPS) is 14.3. The summed E-state index contributed by atoms with van der Waals surface area (Å²) in [6.07, 6.45) is 0. The number of hydrogen-bond acceptors (Lipinski definition) is 2. The van der Waals surface area contributed by atoms with Crippen LogP contribution in [0.3, 0.4) is 0 Å². The van der Waals surface area contributed by atoms with Gasteiger partial charge in [0.15, 0.2) is 0 Å². The van der Waals surface area contributed by atoms with E-state index in [9.17, 15) is 5.11 Å². The van der Waals surface area contributed by atoms with Gasteiger partial charge in [0.25, 0.3) is 0 Å². The maximum atomic E-state index is 11.8. The molecule has 35 heavy (non-hydrogen) atoms. The minimum Gasteiger partial charge on any atom is -0.507 e. The summed E-state index contributed by atoms with van der Waals surface area (Å²) in [5.41, 5.74) is 9.22. The van der Waals surface area contributed by atoms with E-state index in [1.54, 1.807) is 7.11 Å². The molecule has 0 saturated carbocycles. The summed E-state index contributed by atoms with van der Waals surface area (Å²) in [7, 11) is 1.79. The van der Waals surface area contributed by atoms with Crippen molar-refractivity contribution in [2.75, 3.05) is 7.11 Å². The highest BCUT2D eigenvalue weighted by atomic mass is 16.5. The molecule has 0 radical (unpaired) electrons. The smallest absolute Gasteiger partial charge is 0.126 e. The van der Waals surface area contributed by atoms with Crippen molar-refractivity contribution in [1.29, 1.82) is 0 Å². The van der Waals surface area contributed by atoms with Crippen molar-refractivity contribution in [2.24, 2.45) is 0 Å². The van der Waals surface area contributed by atoms with Crippen molar-refractivity contribution in [3.05, 3.63) is 56.6 Å². The fraction of sp³-hybridized carbons (Fsp3) is 0.636. The molecule has 0 saturated heterocycles. The molecular formula is C33H52O2. The molecule has 0 aliphatic rings. The van der Waals surface area contributed by atoms with Crippen LogP contribution in [-0.4, -0.2) is 12.2 Å². The van der Waals surface area contributed by atoms with Gasteiger partial charge in [-0.3, -0.25) is 0 Å². The van der Waals surface area contributed by atoms with Crippen molar-refractivity contribution < 1.29 is 9.84 Å². The van der Waals surface area contributed by atoms with Crippen LogP contribution in [0.25, 0.3) is 0 Å². The second kappa shape index (κ2) is 9.16. The van der Waals surface area contributed by atoms with E-state index < -0.39 is 0 Å². The molecule has 1 atom stereocenters. The largest absolute Gasteiger partial charge is 0.507 e. The van der Waals surface area contributed by atoms with Crippen molar-refractivity contribution in [1.82, 2.24) is 0 Å². The summed E-state index contributed by atoms with van der Waals surface area (Å²) in [6, 6.07) is 4.58. The summed E-state index contributed by atoms with van der Waals surface area (Å²) in [5.74, 6) is 1.35. The van der Waals surface area contributed by atoms with Gasteiger partial charge in [-0.1, -0.05) is 102 Å². The zero-order valence-corrected chi connectivity index (χ0v) is 25.6. The molecule has 0 heterocycles. The summed E-state index contributed by atoms with van der Waals surface area (Å²) < 4.78 is 6.19. The van der Waals surface area contributed by atoms with Gasteiger partial charge in [-0.2, -0.15) is 0 Å². The lowest BCUT2D eigenvalue weighted by Gasteiger charge is -2.35. The average molecular weight is 481 g/mol.